The van der Waals surface area contributed by atoms with Crippen LogP contribution in [0.4, 0.5) is 11.7 Å². The molecule has 4 heteroatoms. The van der Waals surface area contributed by atoms with Gasteiger partial charge in [0, 0.05) is 18.8 Å². The highest BCUT2D eigenvalue weighted by molar-refractivity contribution is 5.56. The number of hydrogen-bond acceptors (Lipinski definition) is 4. The smallest absolute Gasteiger partial charge is 0.302 e. The standard InChI is InChI=1S/C17H25N3O/c1-5-20(16-8-6-14(4)7-9-16)17-19-15(12-21-17)11-18-10-13(2)3/h6-9,12-13,18H,5,10-11H2,1-4H3. The summed E-state index contributed by atoms with van der Waals surface area (Å²) in [4.78, 5) is 6.65. The first-order chi connectivity index (χ1) is 10.1. The molecule has 0 saturated carbocycles. The summed E-state index contributed by atoms with van der Waals surface area (Å²) in [5.74, 6) is 0.635. The van der Waals surface area contributed by atoms with Crippen LogP contribution in [0.15, 0.2) is 34.9 Å². The fourth-order valence-electron chi connectivity index (χ4n) is 2.14. The van der Waals surface area contributed by atoms with Crippen LogP contribution in [0.5, 0.6) is 0 Å². The van der Waals surface area contributed by atoms with E-state index >= 15 is 0 Å². The molecule has 0 aliphatic heterocycles. The van der Waals surface area contributed by atoms with Gasteiger partial charge in [0.1, 0.15) is 6.26 Å². The van der Waals surface area contributed by atoms with E-state index in [-0.39, 0.29) is 0 Å². The zero-order chi connectivity index (χ0) is 15.2. The van der Waals surface area contributed by atoms with Crippen LogP contribution in [-0.2, 0) is 6.54 Å². The van der Waals surface area contributed by atoms with Crippen molar-refractivity contribution in [3.05, 3.63) is 41.8 Å². The molecule has 2 rings (SSSR count). The van der Waals surface area contributed by atoms with Gasteiger partial charge in [0.05, 0.1) is 5.69 Å². The van der Waals surface area contributed by atoms with Crippen molar-refractivity contribution < 1.29 is 4.42 Å². The van der Waals surface area contributed by atoms with Crippen molar-refractivity contribution in [3.8, 4) is 0 Å². The van der Waals surface area contributed by atoms with Crippen LogP contribution in [0.2, 0.25) is 0 Å². The zero-order valence-electron chi connectivity index (χ0n) is 13.4. The van der Waals surface area contributed by atoms with E-state index < -0.39 is 0 Å². The van der Waals surface area contributed by atoms with Crippen LogP contribution in [-0.4, -0.2) is 18.1 Å². The van der Waals surface area contributed by atoms with Gasteiger partial charge in [-0.05, 0) is 38.4 Å². The number of nitrogens with zero attached hydrogens (tertiary/aromatic N) is 2. The van der Waals surface area contributed by atoms with Gasteiger partial charge in [-0.3, -0.25) is 4.90 Å². The van der Waals surface area contributed by atoms with E-state index in [0.29, 0.717) is 11.9 Å². The molecule has 0 atom stereocenters. The fourth-order valence-corrected chi connectivity index (χ4v) is 2.14. The maximum absolute atomic E-state index is 5.63. The fraction of sp³-hybridized carbons (Fsp3) is 0.471. The largest absolute Gasteiger partial charge is 0.431 e. The van der Waals surface area contributed by atoms with Gasteiger partial charge in [-0.25, -0.2) is 0 Å². The van der Waals surface area contributed by atoms with Gasteiger partial charge in [0.2, 0.25) is 0 Å². The molecule has 21 heavy (non-hydrogen) atoms. The Balaban J connectivity index is 2.05. The van der Waals surface area contributed by atoms with E-state index in [9.17, 15) is 0 Å². The number of anilines is 2. The van der Waals surface area contributed by atoms with Crippen molar-refractivity contribution in [1.29, 1.82) is 0 Å². The summed E-state index contributed by atoms with van der Waals surface area (Å²) in [5.41, 5.74) is 3.30. The maximum Gasteiger partial charge on any atom is 0.302 e. The van der Waals surface area contributed by atoms with Crippen LogP contribution < -0.4 is 10.2 Å². The van der Waals surface area contributed by atoms with E-state index in [4.69, 9.17) is 4.42 Å². The minimum absolute atomic E-state index is 0.635. The van der Waals surface area contributed by atoms with Crippen molar-refractivity contribution in [3.63, 3.8) is 0 Å². The molecule has 4 nitrogen and oxygen atoms in total. The van der Waals surface area contributed by atoms with Crippen molar-refractivity contribution in [2.75, 3.05) is 18.0 Å². The Hall–Kier alpha value is -1.81. The summed E-state index contributed by atoms with van der Waals surface area (Å²) in [7, 11) is 0. The highest BCUT2D eigenvalue weighted by atomic mass is 16.4. The number of aromatic nitrogens is 1. The predicted octanol–water partition coefficient (Wildman–Crippen LogP) is 3.89. The average molecular weight is 287 g/mol. The first-order valence-electron chi connectivity index (χ1n) is 7.59. The lowest BCUT2D eigenvalue weighted by atomic mass is 10.2. The van der Waals surface area contributed by atoms with Crippen LogP contribution in [0, 0.1) is 12.8 Å². The quantitative estimate of drug-likeness (QED) is 0.839. The maximum atomic E-state index is 5.63. The molecular weight excluding hydrogens is 262 g/mol. The molecule has 1 aromatic carbocycles. The van der Waals surface area contributed by atoms with E-state index in [0.717, 1.165) is 31.0 Å². The molecule has 2 aromatic rings. The summed E-state index contributed by atoms with van der Waals surface area (Å²) in [6.45, 7) is 11.1. The summed E-state index contributed by atoms with van der Waals surface area (Å²) in [5, 5.41) is 3.38. The number of benzene rings is 1. The molecule has 0 amide bonds. The van der Waals surface area contributed by atoms with Gasteiger partial charge in [-0.1, -0.05) is 31.5 Å². The lowest BCUT2D eigenvalue weighted by molar-refractivity contribution is 0.539. The number of nitrogens with one attached hydrogen (secondary N) is 1. The minimum atomic E-state index is 0.635. The molecule has 0 aliphatic rings. The number of hydrogen-bond donors (Lipinski definition) is 1. The molecule has 1 heterocycles. The first-order valence-corrected chi connectivity index (χ1v) is 7.59. The minimum Gasteiger partial charge on any atom is -0.431 e. The molecular formula is C17H25N3O. The average Bonchev–Trinajstić information content (AvgIpc) is 2.90. The van der Waals surface area contributed by atoms with E-state index in [1.54, 1.807) is 6.26 Å². The predicted molar refractivity (Wildman–Crippen MR) is 86.9 cm³/mol. The number of rotatable bonds is 7. The molecule has 0 saturated heterocycles. The van der Waals surface area contributed by atoms with Gasteiger partial charge < -0.3 is 9.73 Å². The van der Waals surface area contributed by atoms with Crippen LogP contribution in [0.1, 0.15) is 32.0 Å². The second kappa shape index (κ2) is 7.27. The third kappa shape index (κ3) is 4.33. The molecule has 0 fully saturated rings. The van der Waals surface area contributed by atoms with Crippen molar-refractivity contribution in [2.24, 2.45) is 5.92 Å². The molecule has 114 valence electrons. The lowest BCUT2D eigenvalue weighted by Crippen LogP contribution is -2.19. The highest BCUT2D eigenvalue weighted by Crippen LogP contribution is 2.24. The Morgan fingerprint density at radius 2 is 1.95 bits per heavy atom. The van der Waals surface area contributed by atoms with Crippen LogP contribution in [0.25, 0.3) is 0 Å². The first kappa shape index (κ1) is 15.6. The van der Waals surface area contributed by atoms with Gasteiger partial charge in [0.15, 0.2) is 0 Å². The second-order valence-corrected chi connectivity index (χ2v) is 5.73. The summed E-state index contributed by atoms with van der Waals surface area (Å²) in [6.07, 6.45) is 1.74. The normalized spacial score (nSPS) is 11.1. The molecule has 0 bridgehead atoms. The monoisotopic (exact) mass is 287 g/mol. The van der Waals surface area contributed by atoms with Crippen molar-refractivity contribution in [2.45, 2.75) is 34.2 Å². The number of aryl methyl sites for hydroxylation is 1. The Bertz CT molecular complexity index is 545. The van der Waals surface area contributed by atoms with Crippen molar-refractivity contribution in [1.82, 2.24) is 10.3 Å². The van der Waals surface area contributed by atoms with Crippen LogP contribution in [0.3, 0.4) is 0 Å². The summed E-state index contributed by atoms with van der Waals surface area (Å²) < 4.78 is 5.63. The molecule has 0 radical (unpaired) electrons. The molecule has 0 aliphatic carbocycles. The van der Waals surface area contributed by atoms with E-state index in [2.05, 4.69) is 67.2 Å². The topological polar surface area (TPSA) is 41.3 Å². The van der Waals surface area contributed by atoms with Crippen LogP contribution >= 0.6 is 0 Å². The van der Waals surface area contributed by atoms with Gasteiger partial charge in [-0.2, -0.15) is 4.98 Å². The number of oxazole rings is 1. The molecule has 1 aromatic heterocycles. The van der Waals surface area contributed by atoms with Gasteiger partial charge in [-0.15, -0.1) is 0 Å². The van der Waals surface area contributed by atoms with E-state index in [1.807, 2.05) is 0 Å². The third-order valence-corrected chi connectivity index (χ3v) is 3.29. The lowest BCUT2D eigenvalue weighted by Gasteiger charge is -2.18. The summed E-state index contributed by atoms with van der Waals surface area (Å²) >= 11 is 0. The van der Waals surface area contributed by atoms with Crippen molar-refractivity contribution >= 4 is 11.7 Å². The molecule has 1 N–H and O–H groups in total. The molecule has 0 spiro atoms. The zero-order valence-corrected chi connectivity index (χ0v) is 13.4. The SMILES string of the molecule is CCN(c1ccc(C)cc1)c1nc(CNCC(C)C)co1. The van der Waals surface area contributed by atoms with Gasteiger partial charge >= 0.3 is 6.01 Å². The van der Waals surface area contributed by atoms with E-state index in [1.165, 1.54) is 5.56 Å². The molecule has 0 unspecified atom stereocenters. The Labute approximate surface area is 127 Å². The Morgan fingerprint density at radius 1 is 1.24 bits per heavy atom. The second-order valence-electron chi connectivity index (χ2n) is 5.73. The Morgan fingerprint density at radius 3 is 2.57 bits per heavy atom. The van der Waals surface area contributed by atoms with Gasteiger partial charge in [0.25, 0.3) is 0 Å². The highest BCUT2D eigenvalue weighted by Gasteiger charge is 2.13. The Kier molecular flexibility index (Phi) is 5.39. The summed E-state index contributed by atoms with van der Waals surface area (Å²) in [6, 6.07) is 9.06. The third-order valence-electron chi connectivity index (χ3n) is 3.29.